The smallest absolute Gasteiger partial charge is 0.258 e. The van der Waals surface area contributed by atoms with Gasteiger partial charge in [0.05, 0.1) is 17.2 Å². The minimum absolute atomic E-state index is 0.133. The lowest BCUT2D eigenvalue weighted by atomic mass is 10.1. The fraction of sp³-hybridized carbons (Fsp3) is 0.0667. The summed E-state index contributed by atoms with van der Waals surface area (Å²) in [6, 6.07) is 10.7. The lowest BCUT2D eigenvalue weighted by Gasteiger charge is -2.09. The molecule has 0 atom stereocenters. The Morgan fingerprint density at radius 2 is 2.05 bits per heavy atom. The number of nitrogen functional groups attached to an aromatic ring is 1. The number of aryl methyl sites for hydroxylation is 1. The van der Waals surface area contributed by atoms with E-state index in [2.05, 4.69) is 5.32 Å². The third kappa shape index (κ3) is 2.75. The van der Waals surface area contributed by atoms with Crippen molar-refractivity contribution >= 4 is 17.3 Å². The van der Waals surface area contributed by atoms with Crippen molar-refractivity contribution in [2.75, 3.05) is 11.1 Å². The zero-order valence-corrected chi connectivity index (χ0v) is 10.8. The number of nitrogens with zero attached hydrogens (tertiary/aromatic N) is 1. The molecule has 3 N–H and O–H groups in total. The minimum Gasteiger partial charge on any atom is -0.399 e. The normalized spacial score (nSPS) is 9.85. The van der Waals surface area contributed by atoms with Crippen molar-refractivity contribution in [2.45, 2.75) is 6.92 Å². The summed E-state index contributed by atoms with van der Waals surface area (Å²) in [5, 5.41) is 11.4. The third-order valence-electron chi connectivity index (χ3n) is 2.85. The van der Waals surface area contributed by atoms with Crippen LogP contribution in [0.15, 0.2) is 36.4 Å². The molecular weight excluding hydrogens is 257 g/mol. The summed E-state index contributed by atoms with van der Waals surface area (Å²) >= 11 is 0. The third-order valence-corrected chi connectivity index (χ3v) is 2.85. The highest BCUT2D eigenvalue weighted by molar-refractivity contribution is 6.05. The Kier molecular flexibility index (Phi) is 3.67. The van der Waals surface area contributed by atoms with Crippen LogP contribution in [0.5, 0.6) is 0 Å². The van der Waals surface area contributed by atoms with Crippen LogP contribution in [0.1, 0.15) is 21.5 Å². The second-order valence-electron chi connectivity index (χ2n) is 4.33. The number of nitrogens with one attached hydrogen (secondary N) is 1. The van der Waals surface area contributed by atoms with E-state index in [-0.39, 0.29) is 5.56 Å². The van der Waals surface area contributed by atoms with Gasteiger partial charge in [0.25, 0.3) is 5.91 Å². The number of halogens is 1. The molecule has 0 saturated carbocycles. The van der Waals surface area contributed by atoms with E-state index >= 15 is 0 Å². The molecule has 4 nitrogen and oxygen atoms in total. The Morgan fingerprint density at radius 3 is 2.75 bits per heavy atom. The van der Waals surface area contributed by atoms with Gasteiger partial charge < -0.3 is 11.1 Å². The summed E-state index contributed by atoms with van der Waals surface area (Å²) in [5.74, 6) is -1.25. The molecule has 0 spiro atoms. The van der Waals surface area contributed by atoms with Crippen LogP contribution < -0.4 is 11.1 Å². The molecule has 0 fully saturated rings. The number of hydrogen-bond donors (Lipinski definition) is 2. The van der Waals surface area contributed by atoms with Crippen LogP contribution in [0.2, 0.25) is 0 Å². The zero-order chi connectivity index (χ0) is 14.7. The second-order valence-corrected chi connectivity index (χ2v) is 4.33. The van der Waals surface area contributed by atoms with E-state index in [4.69, 9.17) is 11.0 Å². The summed E-state index contributed by atoms with van der Waals surface area (Å²) < 4.78 is 13.6. The molecule has 0 aromatic heterocycles. The topological polar surface area (TPSA) is 78.9 Å². The van der Waals surface area contributed by atoms with Crippen molar-refractivity contribution in [2.24, 2.45) is 0 Å². The Balaban J connectivity index is 2.33. The van der Waals surface area contributed by atoms with Crippen LogP contribution in [0, 0.1) is 24.1 Å². The van der Waals surface area contributed by atoms with E-state index < -0.39 is 11.7 Å². The average Bonchev–Trinajstić information content (AvgIpc) is 2.43. The van der Waals surface area contributed by atoms with Gasteiger partial charge in [-0.05, 0) is 42.8 Å². The number of rotatable bonds is 2. The highest BCUT2D eigenvalue weighted by Crippen LogP contribution is 2.19. The van der Waals surface area contributed by atoms with Gasteiger partial charge in [-0.3, -0.25) is 4.79 Å². The lowest BCUT2D eigenvalue weighted by molar-refractivity contribution is 0.102. The molecule has 0 bridgehead atoms. The number of nitriles is 1. The molecule has 1 amide bonds. The molecule has 0 aliphatic carbocycles. The predicted molar refractivity (Wildman–Crippen MR) is 74.7 cm³/mol. The molecule has 100 valence electrons. The number of nitrogens with two attached hydrogens (primary N) is 1. The first-order valence-electron chi connectivity index (χ1n) is 5.88. The van der Waals surface area contributed by atoms with E-state index in [0.717, 1.165) is 11.6 Å². The van der Waals surface area contributed by atoms with Gasteiger partial charge in [-0.25, -0.2) is 4.39 Å². The SMILES string of the molecule is Cc1ccc(C#N)cc1NC(=O)c1cc(N)ccc1F. The van der Waals surface area contributed by atoms with E-state index in [1.807, 2.05) is 6.07 Å². The zero-order valence-electron chi connectivity index (χ0n) is 10.8. The van der Waals surface area contributed by atoms with Crippen LogP contribution in [0.3, 0.4) is 0 Å². The van der Waals surface area contributed by atoms with E-state index in [0.29, 0.717) is 16.9 Å². The fourth-order valence-electron chi connectivity index (χ4n) is 1.73. The molecule has 5 heteroatoms. The average molecular weight is 269 g/mol. The molecule has 2 rings (SSSR count). The molecule has 0 heterocycles. The Morgan fingerprint density at radius 1 is 1.30 bits per heavy atom. The van der Waals surface area contributed by atoms with Gasteiger partial charge in [0, 0.05) is 11.4 Å². The first-order valence-corrected chi connectivity index (χ1v) is 5.88. The molecular formula is C15H12FN3O. The Hall–Kier alpha value is -2.87. The predicted octanol–water partition coefficient (Wildman–Crippen LogP) is 2.84. The van der Waals surface area contributed by atoms with Gasteiger partial charge in [0.1, 0.15) is 5.82 Å². The first-order chi connectivity index (χ1) is 9.51. The maximum Gasteiger partial charge on any atom is 0.258 e. The van der Waals surface area contributed by atoms with Crippen molar-refractivity contribution in [3.8, 4) is 6.07 Å². The van der Waals surface area contributed by atoms with Crippen LogP contribution in [0.25, 0.3) is 0 Å². The van der Waals surface area contributed by atoms with Gasteiger partial charge in [-0.1, -0.05) is 6.07 Å². The first kappa shape index (κ1) is 13.6. The quantitative estimate of drug-likeness (QED) is 0.823. The molecule has 0 radical (unpaired) electrons. The molecule has 0 saturated heterocycles. The van der Waals surface area contributed by atoms with Crippen molar-refractivity contribution in [3.63, 3.8) is 0 Å². The molecule has 0 aliphatic rings. The van der Waals surface area contributed by atoms with E-state index in [1.165, 1.54) is 18.2 Å². The van der Waals surface area contributed by atoms with E-state index in [1.54, 1.807) is 19.1 Å². The number of amides is 1. The van der Waals surface area contributed by atoms with Crippen LogP contribution in [-0.4, -0.2) is 5.91 Å². The summed E-state index contributed by atoms with van der Waals surface area (Å²) in [4.78, 5) is 12.0. The van der Waals surface area contributed by atoms with E-state index in [9.17, 15) is 9.18 Å². The largest absolute Gasteiger partial charge is 0.399 e. The lowest BCUT2D eigenvalue weighted by Crippen LogP contribution is -2.15. The molecule has 2 aromatic rings. The maximum absolute atomic E-state index is 13.6. The Bertz CT molecular complexity index is 720. The molecule has 20 heavy (non-hydrogen) atoms. The maximum atomic E-state index is 13.6. The Labute approximate surface area is 115 Å². The second kappa shape index (κ2) is 5.41. The van der Waals surface area contributed by atoms with Crippen LogP contribution >= 0.6 is 0 Å². The number of benzene rings is 2. The van der Waals surface area contributed by atoms with Crippen LogP contribution in [-0.2, 0) is 0 Å². The number of anilines is 2. The van der Waals surface area contributed by atoms with Crippen molar-refractivity contribution in [1.82, 2.24) is 0 Å². The summed E-state index contributed by atoms with van der Waals surface area (Å²) in [5.41, 5.74) is 7.38. The summed E-state index contributed by atoms with van der Waals surface area (Å²) in [6.07, 6.45) is 0. The van der Waals surface area contributed by atoms with Gasteiger partial charge >= 0.3 is 0 Å². The van der Waals surface area contributed by atoms with Gasteiger partial charge in [-0.15, -0.1) is 0 Å². The molecule has 2 aromatic carbocycles. The van der Waals surface area contributed by atoms with Crippen molar-refractivity contribution in [3.05, 3.63) is 58.9 Å². The summed E-state index contributed by atoms with van der Waals surface area (Å²) in [6.45, 7) is 1.78. The number of carbonyl (C=O) groups excluding carboxylic acids is 1. The number of carbonyl (C=O) groups is 1. The highest BCUT2D eigenvalue weighted by atomic mass is 19.1. The van der Waals surface area contributed by atoms with Gasteiger partial charge in [-0.2, -0.15) is 5.26 Å². The minimum atomic E-state index is -0.647. The van der Waals surface area contributed by atoms with Crippen molar-refractivity contribution < 1.29 is 9.18 Å². The van der Waals surface area contributed by atoms with Crippen LogP contribution in [0.4, 0.5) is 15.8 Å². The van der Waals surface area contributed by atoms with Gasteiger partial charge in [0.2, 0.25) is 0 Å². The number of hydrogen-bond acceptors (Lipinski definition) is 3. The molecule has 0 aliphatic heterocycles. The fourth-order valence-corrected chi connectivity index (χ4v) is 1.73. The molecule has 0 unspecified atom stereocenters. The summed E-state index contributed by atoms with van der Waals surface area (Å²) in [7, 11) is 0. The van der Waals surface area contributed by atoms with Crippen molar-refractivity contribution in [1.29, 1.82) is 5.26 Å². The van der Waals surface area contributed by atoms with Gasteiger partial charge in [0.15, 0.2) is 0 Å². The highest BCUT2D eigenvalue weighted by Gasteiger charge is 2.13. The monoisotopic (exact) mass is 269 g/mol. The standard InChI is InChI=1S/C15H12FN3O/c1-9-2-3-10(8-17)6-14(9)19-15(20)12-7-11(18)4-5-13(12)16/h2-7H,18H2,1H3,(H,19,20).